The SMILES string of the molecule is CNC(=O)c1ccc(Nc2cc(Cc3ccc4ncsc4c3)ncc2-c2nnc(C(=O)N3CC[C@@H](O)C3)s2)cc1. The molecule has 202 valence electrons. The monoisotopic (exact) mass is 571 g/mol. The molecule has 0 spiro atoms. The van der Waals surface area contributed by atoms with Gasteiger partial charge in [-0.15, -0.1) is 21.5 Å². The summed E-state index contributed by atoms with van der Waals surface area (Å²) < 4.78 is 1.13. The van der Waals surface area contributed by atoms with Gasteiger partial charge in [0, 0.05) is 49.7 Å². The van der Waals surface area contributed by atoms with E-state index in [9.17, 15) is 14.7 Å². The van der Waals surface area contributed by atoms with Gasteiger partial charge in [0.2, 0.25) is 5.01 Å². The summed E-state index contributed by atoms with van der Waals surface area (Å²) in [7, 11) is 1.60. The molecule has 3 N–H and O–H groups in total. The number of pyridine rings is 1. The first-order valence-corrected chi connectivity index (χ1v) is 14.4. The molecule has 4 heterocycles. The number of carbonyl (C=O) groups is 2. The zero-order chi connectivity index (χ0) is 27.6. The molecule has 0 saturated carbocycles. The van der Waals surface area contributed by atoms with Crippen LogP contribution in [0.25, 0.3) is 20.8 Å². The lowest BCUT2D eigenvalue weighted by Gasteiger charge is -2.13. The summed E-state index contributed by atoms with van der Waals surface area (Å²) in [5.41, 5.74) is 7.58. The first kappa shape index (κ1) is 26.0. The predicted octanol–water partition coefficient (Wildman–Crippen LogP) is 4.11. The van der Waals surface area contributed by atoms with Crippen LogP contribution in [0.4, 0.5) is 11.4 Å². The number of nitrogens with one attached hydrogen (secondary N) is 2. The first-order valence-electron chi connectivity index (χ1n) is 12.7. The number of aromatic nitrogens is 4. The Kier molecular flexibility index (Phi) is 7.20. The lowest BCUT2D eigenvalue weighted by Crippen LogP contribution is -2.29. The van der Waals surface area contributed by atoms with Crippen molar-refractivity contribution in [3.63, 3.8) is 0 Å². The van der Waals surface area contributed by atoms with E-state index in [0.29, 0.717) is 42.1 Å². The zero-order valence-electron chi connectivity index (χ0n) is 21.5. The van der Waals surface area contributed by atoms with Crippen LogP contribution < -0.4 is 10.6 Å². The summed E-state index contributed by atoms with van der Waals surface area (Å²) in [4.78, 5) is 35.6. The van der Waals surface area contributed by atoms with Crippen molar-refractivity contribution in [1.82, 2.24) is 30.4 Å². The van der Waals surface area contributed by atoms with Gasteiger partial charge in [0.25, 0.3) is 11.8 Å². The van der Waals surface area contributed by atoms with Crippen LogP contribution in [-0.4, -0.2) is 68.2 Å². The molecule has 1 aliphatic rings. The van der Waals surface area contributed by atoms with Crippen LogP contribution in [0.2, 0.25) is 0 Å². The molecule has 0 radical (unpaired) electrons. The van der Waals surface area contributed by atoms with Gasteiger partial charge in [0.15, 0.2) is 5.01 Å². The summed E-state index contributed by atoms with van der Waals surface area (Å²) >= 11 is 2.80. The summed E-state index contributed by atoms with van der Waals surface area (Å²) in [6.45, 7) is 0.799. The molecular weight excluding hydrogens is 546 g/mol. The Morgan fingerprint density at radius 1 is 1.10 bits per heavy atom. The van der Waals surface area contributed by atoms with Crippen LogP contribution in [0, 0.1) is 0 Å². The second-order valence-electron chi connectivity index (χ2n) is 9.44. The number of likely N-dealkylation sites (tertiary alicyclic amines) is 1. The summed E-state index contributed by atoms with van der Waals surface area (Å²) in [6, 6.07) is 15.3. The van der Waals surface area contributed by atoms with Gasteiger partial charge in [0.05, 0.1) is 33.1 Å². The maximum atomic E-state index is 12.9. The molecule has 0 unspecified atom stereocenters. The maximum absolute atomic E-state index is 12.9. The van der Waals surface area contributed by atoms with Crippen molar-refractivity contribution in [1.29, 1.82) is 0 Å². The van der Waals surface area contributed by atoms with Crippen LogP contribution in [-0.2, 0) is 6.42 Å². The van der Waals surface area contributed by atoms with Crippen molar-refractivity contribution < 1.29 is 14.7 Å². The van der Waals surface area contributed by atoms with E-state index in [1.165, 1.54) is 11.3 Å². The number of aliphatic hydroxyl groups excluding tert-OH is 1. The van der Waals surface area contributed by atoms with Gasteiger partial charge in [-0.1, -0.05) is 17.4 Å². The molecule has 0 aliphatic carbocycles. The molecule has 1 atom stereocenters. The van der Waals surface area contributed by atoms with E-state index in [0.717, 1.165) is 32.8 Å². The quantitative estimate of drug-likeness (QED) is 0.266. The lowest BCUT2D eigenvalue weighted by molar-refractivity contribution is 0.0763. The second kappa shape index (κ2) is 11.1. The topological polar surface area (TPSA) is 133 Å². The Morgan fingerprint density at radius 3 is 2.73 bits per heavy atom. The molecule has 10 nitrogen and oxygen atoms in total. The minimum Gasteiger partial charge on any atom is -0.391 e. The van der Waals surface area contributed by atoms with E-state index in [1.807, 2.05) is 29.8 Å². The number of aliphatic hydroxyl groups is 1. The number of benzene rings is 2. The van der Waals surface area contributed by atoms with Gasteiger partial charge in [-0.2, -0.15) is 0 Å². The smallest absolute Gasteiger partial charge is 0.284 e. The molecule has 1 fully saturated rings. The second-order valence-corrected chi connectivity index (χ2v) is 11.3. The molecular formula is C28H25N7O3S2. The van der Waals surface area contributed by atoms with Crippen molar-refractivity contribution in [2.75, 3.05) is 25.5 Å². The number of hydrogen-bond acceptors (Lipinski definition) is 10. The van der Waals surface area contributed by atoms with E-state index in [2.05, 4.69) is 37.9 Å². The van der Waals surface area contributed by atoms with E-state index in [1.54, 1.807) is 41.6 Å². The molecule has 3 aromatic heterocycles. The molecule has 0 bridgehead atoms. The number of amides is 2. The van der Waals surface area contributed by atoms with Crippen molar-refractivity contribution >= 4 is 56.1 Å². The van der Waals surface area contributed by atoms with Gasteiger partial charge in [-0.3, -0.25) is 14.6 Å². The standard InChI is InChI=1S/C28H25N7O3S2/c1-29-25(37)17-3-5-18(6-4-17)32-23-12-19(10-16-2-7-22-24(11-16)39-15-31-22)30-13-21(23)26-33-34-27(40-26)28(38)35-9-8-20(36)14-35/h2-7,11-13,15,20,36H,8-10,14H2,1H3,(H,29,37)(H,30,32)/t20-/m1/s1. The average molecular weight is 572 g/mol. The third-order valence-electron chi connectivity index (χ3n) is 6.68. The fourth-order valence-electron chi connectivity index (χ4n) is 4.57. The highest BCUT2D eigenvalue weighted by Crippen LogP contribution is 2.34. The first-order chi connectivity index (χ1) is 19.5. The normalized spacial score (nSPS) is 14.9. The average Bonchev–Trinajstić information content (AvgIpc) is 3.74. The van der Waals surface area contributed by atoms with Crippen LogP contribution in [0.15, 0.2) is 60.2 Å². The fraction of sp³-hybridized carbons (Fsp3) is 0.214. The Bertz CT molecular complexity index is 1700. The molecule has 2 amide bonds. The largest absolute Gasteiger partial charge is 0.391 e. The molecule has 40 heavy (non-hydrogen) atoms. The van der Waals surface area contributed by atoms with Crippen molar-refractivity contribution in [3.8, 4) is 10.6 Å². The van der Waals surface area contributed by atoms with E-state index in [-0.39, 0.29) is 16.8 Å². The van der Waals surface area contributed by atoms with Crippen molar-refractivity contribution in [2.45, 2.75) is 18.9 Å². The Morgan fingerprint density at radius 2 is 1.95 bits per heavy atom. The third kappa shape index (κ3) is 5.41. The number of fused-ring (bicyclic) bond motifs is 1. The highest BCUT2D eigenvalue weighted by atomic mass is 32.1. The highest BCUT2D eigenvalue weighted by molar-refractivity contribution is 7.17. The molecule has 5 aromatic rings. The zero-order valence-corrected chi connectivity index (χ0v) is 23.1. The Hall–Kier alpha value is -4.26. The van der Waals surface area contributed by atoms with Crippen LogP contribution in [0.3, 0.4) is 0 Å². The molecule has 12 heteroatoms. The number of rotatable bonds is 7. The minimum absolute atomic E-state index is 0.159. The molecule has 1 aliphatic heterocycles. The summed E-state index contributed by atoms with van der Waals surface area (Å²) in [5.74, 6) is -0.393. The number of nitrogens with zero attached hydrogens (tertiary/aromatic N) is 5. The lowest BCUT2D eigenvalue weighted by atomic mass is 10.1. The van der Waals surface area contributed by atoms with Gasteiger partial charge in [-0.25, -0.2) is 4.98 Å². The molecule has 2 aromatic carbocycles. The summed E-state index contributed by atoms with van der Waals surface area (Å²) in [5, 5.41) is 25.2. The van der Waals surface area contributed by atoms with E-state index < -0.39 is 6.10 Å². The number of carbonyl (C=O) groups excluding carboxylic acids is 2. The van der Waals surface area contributed by atoms with Gasteiger partial charge in [0.1, 0.15) is 0 Å². The van der Waals surface area contributed by atoms with Crippen molar-refractivity contribution in [2.24, 2.45) is 0 Å². The Labute approximate surface area is 237 Å². The number of hydrogen-bond donors (Lipinski definition) is 3. The predicted molar refractivity (Wildman–Crippen MR) is 155 cm³/mol. The van der Waals surface area contributed by atoms with E-state index >= 15 is 0 Å². The van der Waals surface area contributed by atoms with Crippen LogP contribution in [0.1, 0.15) is 37.8 Å². The Balaban J connectivity index is 1.31. The highest BCUT2D eigenvalue weighted by Gasteiger charge is 2.28. The minimum atomic E-state index is -0.504. The summed E-state index contributed by atoms with van der Waals surface area (Å²) in [6.07, 6.45) is 2.42. The van der Waals surface area contributed by atoms with E-state index in [4.69, 9.17) is 4.98 Å². The number of β-amino-alcohol motifs (C(OH)–C–C–N with tert-alkyl or cyclic N) is 1. The van der Waals surface area contributed by atoms with Gasteiger partial charge >= 0.3 is 0 Å². The van der Waals surface area contributed by atoms with Crippen LogP contribution in [0.5, 0.6) is 0 Å². The number of anilines is 2. The van der Waals surface area contributed by atoms with Gasteiger partial charge in [-0.05, 0) is 54.4 Å². The fourth-order valence-corrected chi connectivity index (χ4v) is 6.15. The van der Waals surface area contributed by atoms with Crippen molar-refractivity contribution in [3.05, 3.63) is 82.1 Å². The third-order valence-corrected chi connectivity index (χ3v) is 8.42. The molecule has 1 saturated heterocycles. The maximum Gasteiger partial charge on any atom is 0.284 e. The van der Waals surface area contributed by atoms with Crippen LogP contribution >= 0.6 is 22.7 Å². The van der Waals surface area contributed by atoms with Gasteiger partial charge < -0.3 is 20.6 Å². The number of thiazole rings is 1. The molecule has 6 rings (SSSR count).